The molecule has 18 heavy (non-hydrogen) atoms. The zero-order chi connectivity index (χ0) is 13.7. The molecule has 0 saturated heterocycles. The highest BCUT2D eigenvalue weighted by Crippen LogP contribution is 2.17. The number of nitrogens with one attached hydrogen (secondary N) is 1. The quantitative estimate of drug-likeness (QED) is 0.864. The second kappa shape index (κ2) is 6.76. The van der Waals surface area contributed by atoms with Crippen LogP contribution >= 0.6 is 11.6 Å². The van der Waals surface area contributed by atoms with Crippen molar-refractivity contribution in [2.75, 3.05) is 6.61 Å². The second-order valence-corrected chi connectivity index (χ2v) is 5.35. The Balaban J connectivity index is 2.71. The molecular weight excluding hydrogens is 250 g/mol. The van der Waals surface area contributed by atoms with E-state index in [9.17, 15) is 9.90 Å². The van der Waals surface area contributed by atoms with E-state index in [0.717, 1.165) is 12.0 Å². The fourth-order valence-corrected chi connectivity index (χ4v) is 1.93. The van der Waals surface area contributed by atoms with E-state index < -0.39 is 0 Å². The maximum atomic E-state index is 12.0. The minimum Gasteiger partial charge on any atom is -0.394 e. The lowest BCUT2D eigenvalue weighted by Gasteiger charge is -2.18. The predicted molar refractivity (Wildman–Crippen MR) is 74.0 cm³/mol. The molecule has 3 nitrogen and oxygen atoms in total. The van der Waals surface area contributed by atoms with Crippen LogP contribution in [0.5, 0.6) is 0 Å². The molecule has 100 valence electrons. The summed E-state index contributed by atoms with van der Waals surface area (Å²) < 4.78 is 0. The van der Waals surface area contributed by atoms with Gasteiger partial charge in [0.15, 0.2) is 0 Å². The second-order valence-electron chi connectivity index (χ2n) is 4.95. The maximum Gasteiger partial charge on any atom is 0.251 e. The molecule has 0 aliphatic rings. The third-order valence-corrected chi connectivity index (χ3v) is 3.15. The Morgan fingerprint density at radius 1 is 1.44 bits per heavy atom. The summed E-state index contributed by atoms with van der Waals surface area (Å²) in [6, 6.07) is 4.99. The molecule has 1 aromatic carbocycles. The number of halogens is 1. The van der Waals surface area contributed by atoms with Gasteiger partial charge < -0.3 is 10.4 Å². The van der Waals surface area contributed by atoms with Gasteiger partial charge in [0.25, 0.3) is 5.91 Å². The van der Waals surface area contributed by atoms with Crippen molar-refractivity contribution in [1.82, 2.24) is 5.32 Å². The molecule has 0 radical (unpaired) electrons. The average Bonchev–Trinajstić information content (AvgIpc) is 2.31. The number of aliphatic hydroxyl groups is 1. The minimum absolute atomic E-state index is 0.0521. The van der Waals surface area contributed by atoms with Crippen molar-refractivity contribution in [3.8, 4) is 0 Å². The van der Waals surface area contributed by atoms with Crippen LogP contribution in [0.4, 0.5) is 0 Å². The van der Waals surface area contributed by atoms with Crippen molar-refractivity contribution in [3.05, 3.63) is 34.3 Å². The van der Waals surface area contributed by atoms with Crippen LogP contribution < -0.4 is 5.32 Å². The normalized spacial score (nSPS) is 12.6. The lowest BCUT2D eigenvalue weighted by Crippen LogP contribution is -2.38. The Morgan fingerprint density at radius 3 is 2.61 bits per heavy atom. The van der Waals surface area contributed by atoms with E-state index in [1.807, 2.05) is 13.0 Å². The van der Waals surface area contributed by atoms with Gasteiger partial charge in [0.05, 0.1) is 12.6 Å². The number of carbonyl (C=O) groups is 1. The number of carbonyl (C=O) groups excluding carboxylic acids is 1. The molecule has 4 heteroatoms. The number of amides is 1. The lowest BCUT2D eigenvalue weighted by atomic mass is 10.0. The molecule has 1 atom stereocenters. The Labute approximate surface area is 113 Å². The first-order valence-corrected chi connectivity index (χ1v) is 6.49. The van der Waals surface area contributed by atoms with Crippen molar-refractivity contribution >= 4 is 17.5 Å². The molecule has 0 aliphatic heterocycles. The van der Waals surface area contributed by atoms with Crippen LogP contribution in [0.2, 0.25) is 5.02 Å². The van der Waals surface area contributed by atoms with E-state index in [2.05, 4.69) is 19.2 Å². The van der Waals surface area contributed by atoms with Crippen molar-refractivity contribution in [1.29, 1.82) is 0 Å². The fourth-order valence-electron chi connectivity index (χ4n) is 1.75. The van der Waals surface area contributed by atoms with Gasteiger partial charge in [0.2, 0.25) is 0 Å². The van der Waals surface area contributed by atoms with E-state index >= 15 is 0 Å². The van der Waals surface area contributed by atoms with Gasteiger partial charge in [-0.3, -0.25) is 4.79 Å². The Bertz CT molecular complexity index is 418. The van der Waals surface area contributed by atoms with Gasteiger partial charge in [-0.2, -0.15) is 0 Å². The summed E-state index contributed by atoms with van der Waals surface area (Å²) in [7, 11) is 0. The topological polar surface area (TPSA) is 49.3 Å². The van der Waals surface area contributed by atoms with Crippen molar-refractivity contribution in [3.63, 3.8) is 0 Å². The Morgan fingerprint density at radius 2 is 2.11 bits per heavy atom. The molecule has 0 fully saturated rings. The van der Waals surface area contributed by atoms with Crippen molar-refractivity contribution in [2.24, 2.45) is 5.92 Å². The van der Waals surface area contributed by atoms with E-state index in [0.29, 0.717) is 16.5 Å². The SMILES string of the molecule is Cc1ccc(C(=O)N[C@H](CO)CC(C)C)cc1Cl. The highest BCUT2D eigenvalue weighted by molar-refractivity contribution is 6.31. The van der Waals surface area contributed by atoms with Gasteiger partial charge in [0, 0.05) is 10.6 Å². The smallest absolute Gasteiger partial charge is 0.251 e. The average molecular weight is 270 g/mol. The number of hydrogen-bond donors (Lipinski definition) is 2. The number of rotatable bonds is 5. The first kappa shape index (κ1) is 15.0. The Hall–Kier alpha value is -1.06. The van der Waals surface area contributed by atoms with Gasteiger partial charge >= 0.3 is 0 Å². The van der Waals surface area contributed by atoms with Gasteiger partial charge in [-0.15, -0.1) is 0 Å². The monoisotopic (exact) mass is 269 g/mol. The summed E-state index contributed by atoms with van der Waals surface area (Å²) >= 11 is 5.98. The van der Waals surface area contributed by atoms with Crippen LogP contribution in [0.25, 0.3) is 0 Å². The summed E-state index contributed by atoms with van der Waals surface area (Å²) in [4.78, 5) is 12.0. The Kier molecular flexibility index (Phi) is 5.63. The number of hydrogen-bond acceptors (Lipinski definition) is 2. The number of aliphatic hydroxyl groups excluding tert-OH is 1. The summed E-state index contributed by atoms with van der Waals surface area (Å²) in [6.45, 7) is 5.94. The summed E-state index contributed by atoms with van der Waals surface area (Å²) in [5.41, 5.74) is 1.46. The van der Waals surface area contributed by atoms with Gasteiger partial charge in [-0.05, 0) is 37.0 Å². The zero-order valence-electron chi connectivity index (χ0n) is 11.0. The minimum atomic E-state index is -0.211. The van der Waals surface area contributed by atoms with Gasteiger partial charge in [-0.25, -0.2) is 0 Å². The first-order chi connectivity index (χ1) is 8.43. The lowest BCUT2D eigenvalue weighted by molar-refractivity contribution is 0.0908. The molecule has 0 unspecified atom stereocenters. The number of benzene rings is 1. The predicted octanol–water partition coefficient (Wildman–Crippen LogP) is 2.79. The maximum absolute atomic E-state index is 12.0. The zero-order valence-corrected chi connectivity index (χ0v) is 11.8. The summed E-state index contributed by atoms with van der Waals surface area (Å²) in [5.74, 6) is 0.223. The molecule has 0 heterocycles. The molecule has 0 aromatic heterocycles. The molecular formula is C14H20ClNO2. The van der Waals surface area contributed by atoms with E-state index in [1.54, 1.807) is 12.1 Å². The van der Waals surface area contributed by atoms with Crippen molar-refractivity contribution in [2.45, 2.75) is 33.2 Å². The fraction of sp³-hybridized carbons (Fsp3) is 0.500. The van der Waals surface area contributed by atoms with E-state index in [1.165, 1.54) is 0 Å². The standard InChI is InChI=1S/C14H20ClNO2/c1-9(2)6-12(8-17)16-14(18)11-5-4-10(3)13(15)7-11/h4-5,7,9,12,17H,6,8H2,1-3H3,(H,16,18)/t12-/m0/s1. The van der Waals surface area contributed by atoms with Gasteiger partial charge in [0.1, 0.15) is 0 Å². The third kappa shape index (κ3) is 4.31. The van der Waals surface area contributed by atoms with Gasteiger partial charge in [-0.1, -0.05) is 31.5 Å². The third-order valence-electron chi connectivity index (χ3n) is 2.75. The summed E-state index contributed by atoms with van der Waals surface area (Å²) in [5, 5.41) is 12.6. The van der Waals surface area contributed by atoms with E-state index in [-0.39, 0.29) is 18.6 Å². The highest BCUT2D eigenvalue weighted by atomic mass is 35.5. The van der Waals surface area contributed by atoms with Crippen LogP contribution in [-0.4, -0.2) is 23.7 Å². The van der Waals surface area contributed by atoms with Crippen LogP contribution in [-0.2, 0) is 0 Å². The molecule has 0 bridgehead atoms. The van der Waals surface area contributed by atoms with Crippen LogP contribution in [0.1, 0.15) is 36.2 Å². The van der Waals surface area contributed by atoms with Crippen molar-refractivity contribution < 1.29 is 9.90 Å². The van der Waals surface area contributed by atoms with Crippen LogP contribution in [0.15, 0.2) is 18.2 Å². The van der Waals surface area contributed by atoms with E-state index in [4.69, 9.17) is 11.6 Å². The molecule has 0 saturated carbocycles. The highest BCUT2D eigenvalue weighted by Gasteiger charge is 2.14. The molecule has 2 N–H and O–H groups in total. The summed E-state index contributed by atoms with van der Waals surface area (Å²) in [6.07, 6.45) is 0.752. The van der Waals surface area contributed by atoms with Crippen LogP contribution in [0.3, 0.4) is 0 Å². The number of aryl methyl sites for hydroxylation is 1. The molecule has 0 spiro atoms. The largest absolute Gasteiger partial charge is 0.394 e. The molecule has 0 aliphatic carbocycles. The molecule has 1 aromatic rings. The van der Waals surface area contributed by atoms with Crippen LogP contribution in [0, 0.1) is 12.8 Å². The molecule has 1 rings (SSSR count). The first-order valence-electron chi connectivity index (χ1n) is 6.12. The molecule has 1 amide bonds.